The predicted molar refractivity (Wildman–Crippen MR) is 59.7 cm³/mol. The Labute approximate surface area is 90.9 Å². The van der Waals surface area contributed by atoms with Crippen molar-refractivity contribution in [3.8, 4) is 0 Å². The van der Waals surface area contributed by atoms with E-state index in [1.165, 1.54) is 0 Å². The second-order valence-corrected chi connectivity index (χ2v) is 3.13. The van der Waals surface area contributed by atoms with Gasteiger partial charge in [0.2, 0.25) is 0 Å². The van der Waals surface area contributed by atoms with E-state index in [1.807, 2.05) is 12.2 Å². The first-order chi connectivity index (χ1) is 5.85. The second kappa shape index (κ2) is 10.7. The van der Waals surface area contributed by atoms with Gasteiger partial charge in [0, 0.05) is 0 Å². The highest BCUT2D eigenvalue weighted by molar-refractivity contribution is 7.59. The van der Waals surface area contributed by atoms with Crippen molar-refractivity contribution in [3.05, 3.63) is 25.3 Å². The summed E-state index contributed by atoms with van der Waals surface area (Å²) >= 11 is 0. The van der Waals surface area contributed by atoms with E-state index < -0.39 is 6.68 Å². The third-order valence-electron chi connectivity index (χ3n) is 1.25. The van der Waals surface area contributed by atoms with Crippen LogP contribution in [-0.2, 0) is 0 Å². The van der Waals surface area contributed by atoms with Crippen LogP contribution in [0.15, 0.2) is 25.3 Å². The van der Waals surface area contributed by atoms with Crippen LogP contribution in [0, 0.1) is 0 Å². The molecule has 0 saturated carbocycles. The fourth-order valence-electron chi connectivity index (χ4n) is 0.774. The smallest absolute Gasteiger partial charge is 0.322 e. The minimum atomic E-state index is -3.67. The lowest BCUT2D eigenvalue weighted by Gasteiger charge is -2.26. The summed E-state index contributed by atoms with van der Waals surface area (Å²) < 4.78 is 30.0. The number of quaternary nitrogens is 1. The average molecular weight is 230 g/mol. The van der Waals surface area contributed by atoms with Gasteiger partial charge in [-0.05, 0) is 12.2 Å². The molecule has 86 valence electrons. The first kappa shape index (κ1) is 19.2. The van der Waals surface area contributed by atoms with Gasteiger partial charge in [-0.3, -0.25) is 0 Å². The molecule has 1 nitrogen and oxygen atoms in total. The van der Waals surface area contributed by atoms with E-state index >= 15 is 0 Å². The van der Waals surface area contributed by atoms with E-state index in [-0.39, 0.29) is 13.5 Å². The quantitative estimate of drug-likeness (QED) is 0.514. The summed E-state index contributed by atoms with van der Waals surface area (Å²) in [6.45, 7) is 5.70. The molecule has 0 radical (unpaired) electrons. The van der Waals surface area contributed by atoms with Crippen LogP contribution in [-0.4, -0.2) is 38.3 Å². The van der Waals surface area contributed by atoms with E-state index in [2.05, 4.69) is 27.3 Å². The maximum atomic E-state index is 9.67. The molecular formula is C9H19F3NS+. The van der Waals surface area contributed by atoms with Crippen LogP contribution in [0.5, 0.6) is 0 Å². The van der Waals surface area contributed by atoms with Crippen molar-refractivity contribution in [3.63, 3.8) is 0 Å². The predicted octanol–water partition coefficient (Wildman–Crippen LogP) is 2.73. The molecule has 0 atom stereocenters. The highest BCUT2D eigenvalue weighted by Crippen LogP contribution is 1.95. The standard InChI is InChI=1S/C8H16N.CHF3.H2S/c1-5-7-9(3,4)8-6-2;2-1(3)4;/h5-6H,1-2,7-8H2,3-4H3;1H;1H2/q+1;;. The number of alkyl halides is 3. The van der Waals surface area contributed by atoms with Gasteiger partial charge in [0.1, 0.15) is 0 Å². The summed E-state index contributed by atoms with van der Waals surface area (Å²) in [6, 6.07) is 0. The van der Waals surface area contributed by atoms with Crippen LogP contribution in [0.1, 0.15) is 0 Å². The third-order valence-corrected chi connectivity index (χ3v) is 1.25. The molecule has 0 aliphatic carbocycles. The van der Waals surface area contributed by atoms with Gasteiger partial charge < -0.3 is 4.48 Å². The largest absolute Gasteiger partial charge is 0.379 e. The topological polar surface area (TPSA) is 0 Å². The maximum Gasteiger partial charge on any atom is 0.379 e. The van der Waals surface area contributed by atoms with Gasteiger partial charge in [0.15, 0.2) is 0 Å². The lowest BCUT2D eigenvalue weighted by molar-refractivity contribution is -0.878. The van der Waals surface area contributed by atoms with Gasteiger partial charge in [0.25, 0.3) is 0 Å². The molecule has 0 aromatic rings. The molecule has 5 heteroatoms. The lowest BCUT2D eigenvalue weighted by Crippen LogP contribution is -2.39. The zero-order valence-corrected chi connectivity index (χ0v) is 9.64. The van der Waals surface area contributed by atoms with Crippen molar-refractivity contribution in [2.24, 2.45) is 0 Å². The van der Waals surface area contributed by atoms with Crippen LogP contribution in [0.2, 0.25) is 0 Å². The van der Waals surface area contributed by atoms with Crippen LogP contribution in [0.25, 0.3) is 0 Å². The molecule has 0 unspecified atom stereocenters. The van der Waals surface area contributed by atoms with Gasteiger partial charge in [-0.1, -0.05) is 13.2 Å². The molecule has 0 aromatic heterocycles. The van der Waals surface area contributed by atoms with E-state index in [0.717, 1.165) is 17.6 Å². The number of hydrogen-bond acceptors (Lipinski definition) is 0. The molecule has 0 heterocycles. The van der Waals surface area contributed by atoms with Gasteiger partial charge in [-0.25, -0.2) is 0 Å². The van der Waals surface area contributed by atoms with Crippen molar-refractivity contribution in [1.82, 2.24) is 0 Å². The van der Waals surface area contributed by atoms with Crippen LogP contribution >= 0.6 is 13.5 Å². The Balaban J connectivity index is -0.000000209. The van der Waals surface area contributed by atoms with Crippen LogP contribution in [0.3, 0.4) is 0 Å². The first-order valence-corrected chi connectivity index (χ1v) is 3.81. The summed E-state index contributed by atoms with van der Waals surface area (Å²) in [5.41, 5.74) is 0. The number of hydrogen-bond donors (Lipinski definition) is 0. The summed E-state index contributed by atoms with van der Waals surface area (Å²) in [5.74, 6) is 0. The van der Waals surface area contributed by atoms with E-state index in [1.54, 1.807) is 0 Å². The molecule has 0 amide bonds. The third kappa shape index (κ3) is 22.6. The van der Waals surface area contributed by atoms with Gasteiger partial charge >= 0.3 is 6.68 Å². The van der Waals surface area contributed by atoms with Gasteiger partial charge in [-0.15, -0.1) is 0 Å². The van der Waals surface area contributed by atoms with E-state index in [4.69, 9.17) is 0 Å². The SMILES string of the molecule is C=CC[N+](C)(C)CC=C.FC(F)F.S. The van der Waals surface area contributed by atoms with Crippen molar-refractivity contribution < 1.29 is 17.7 Å². The van der Waals surface area contributed by atoms with Crippen molar-refractivity contribution in [1.29, 1.82) is 0 Å². The van der Waals surface area contributed by atoms with E-state index in [9.17, 15) is 13.2 Å². The Morgan fingerprint density at radius 3 is 1.43 bits per heavy atom. The van der Waals surface area contributed by atoms with Gasteiger partial charge in [0.05, 0.1) is 27.2 Å². The molecular weight excluding hydrogens is 211 g/mol. The summed E-state index contributed by atoms with van der Waals surface area (Å²) in [4.78, 5) is 0. The molecule has 0 rings (SSSR count). The summed E-state index contributed by atoms with van der Waals surface area (Å²) in [7, 11) is 4.31. The Morgan fingerprint density at radius 1 is 1.07 bits per heavy atom. The van der Waals surface area contributed by atoms with Crippen LogP contribution < -0.4 is 0 Å². The molecule has 0 aromatic carbocycles. The average Bonchev–Trinajstić information content (AvgIpc) is 1.84. The molecule has 14 heavy (non-hydrogen) atoms. The Morgan fingerprint density at radius 2 is 1.29 bits per heavy atom. The fourth-order valence-corrected chi connectivity index (χ4v) is 0.774. The fraction of sp³-hybridized carbons (Fsp3) is 0.556. The van der Waals surface area contributed by atoms with Crippen molar-refractivity contribution in [2.45, 2.75) is 6.68 Å². The minimum absolute atomic E-state index is 0. The highest BCUT2D eigenvalue weighted by atomic mass is 32.1. The Hall–Kier alpha value is -0.420. The monoisotopic (exact) mass is 230 g/mol. The van der Waals surface area contributed by atoms with Crippen molar-refractivity contribution >= 4 is 13.5 Å². The number of nitrogens with zero attached hydrogens (tertiary/aromatic N) is 1. The maximum absolute atomic E-state index is 9.67. The molecule has 0 fully saturated rings. The molecule has 0 aliphatic heterocycles. The van der Waals surface area contributed by atoms with Crippen molar-refractivity contribution in [2.75, 3.05) is 27.2 Å². The normalized spacial score (nSPS) is 9.57. The molecule has 0 N–H and O–H groups in total. The molecule has 0 aliphatic rings. The Kier molecular flexibility index (Phi) is 14.6. The number of rotatable bonds is 4. The highest BCUT2D eigenvalue weighted by Gasteiger charge is 2.07. The Bertz CT molecular complexity index is 134. The lowest BCUT2D eigenvalue weighted by atomic mass is 10.4. The van der Waals surface area contributed by atoms with E-state index in [0.29, 0.717) is 0 Å². The molecule has 0 spiro atoms. The number of halogens is 3. The second-order valence-electron chi connectivity index (χ2n) is 3.13. The summed E-state index contributed by atoms with van der Waals surface area (Å²) in [6.07, 6.45) is 3.87. The zero-order chi connectivity index (χ0) is 10.9. The molecule has 0 bridgehead atoms. The van der Waals surface area contributed by atoms with Crippen LogP contribution in [0.4, 0.5) is 13.2 Å². The minimum Gasteiger partial charge on any atom is -0.322 e. The first-order valence-electron chi connectivity index (χ1n) is 3.81. The zero-order valence-electron chi connectivity index (χ0n) is 8.64. The molecule has 0 saturated heterocycles. The number of likely N-dealkylation sites (N-methyl/N-ethyl adjacent to an activating group) is 1. The summed E-state index contributed by atoms with van der Waals surface area (Å²) in [5, 5.41) is 0. The van der Waals surface area contributed by atoms with Gasteiger partial charge in [-0.2, -0.15) is 26.7 Å².